The van der Waals surface area contributed by atoms with Crippen LogP contribution in [-0.4, -0.2) is 23.2 Å². The molecule has 8 nitrogen and oxygen atoms in total. The summed E-state index contributed by atoms with van der Waals surface area (Å²) in [4.78, 5) is 21.9. The maximum absolute atomic E-state index is 11.9. The van der Waals surface area contributed by atoms with E-state index in [2.05, 4.69) is 10.6 Å². The van der Waals surface area contributed by atoms with E-state index in [1.807, 2.05) is 0 Å². The number of rotatable bonds is 4. The van der Waals surface area contributed by atoms with Gasteiger partial charge in [-0.05, 0) is 18.2 Å². The van der Waals surface area contributed by atoms with Gasteiger partial charge in [0.25, 0.3) is 0 Å². The third-order valence-electron chi connectivity index (χ3n) is 2.81. The molecular weight excluding hydrogens is 290 g/mol. The predicted octanol–water partition coefficient (Wildman–Crippen LogP) is 2.95. The fraction of sp³-hybridized carbons (Fsp3) is 0.0714. The number of phenolic OH excluding ortho intramolecular Hbond substituents is 1. The van der Waals surface area contributed by atoms with Crippen molar-refractivity contribution in [3.8, 4) is 11.5 Å². The van der Waals surface area contributed by atoms with Gasteiger partial charge < -0.3 is 20.5 Å². The van der Waals surface area contributed by atoms with Crippen molar-refractivity contribution in [2.75, 3.05) is 17.7 Å². The van der Waals surface area contributed by atoms with E-state index >= 15 is 0 Å². The van der Waals surface area contributed by atoms with Crippen LogP contribution in [0.2, 0.25) is 0 Å². The molecule has 0 bridgehead atoms. The largest absolute Gasteiger partial charge is 0.501 e. The van der Waals surface area contributed by atoms with Crippen molar-refractivity contribution in [3.63, 3.8) is 0 Å². The van der Waals surface area contributed by atoms with E-state index in [9.17, 15) is 20.0 Å². The number of nitro groups is 1. The van der Waals surface area contributed by atoms with Crippen LogP contribution in [0, 0.1) is 10.1 Å². The molecule has 2 aromatic rings. The number of carbonyl (C=O) groups excluding carboxylic acids is 1. The normalized spacial score (nSPS) is 9.86. The van der Waals surface area contributed by atoms with Crippen molar-refractivity contribution in [3.05, 3.63) is 52.6 Å². The van der Waals surface area contributed by atoms with E-state index in [1.54, 1.807) is 24.3 Å². The Morgan fingerprint density at radius 2 is 1.77 bits per heavy atom. The van der Waals surface area contributed by atoms with Crippen LogP contribution >= 0.6 is 0 Å². The molecule has 0 aromatic heterocycles. The van der Waals surface area contributed by atoms with Crippen molar-refractivity contribution in [1.82, 2.24) is 0 Å². The highest BCUT2D eigenvalue weighted by atomic mass is 16.6. The number of amides is 2. The lowest BCUT2D eigenvalue weighted by molar-refractivity contribution is -0.385. The molecule has 0 saturated heterocycles. The second-order valence-corrected chi connectivity index (χ2v) is 4.21. The van der Waals surface area contributed by atoms with Crippen LogP contribution in [0.15, 0.2) is 42.5 Å². The summed E-state index contributed by atoms with van der Waals surface area (Å²) in [6.45, 7) is 0. The van der Waals surface area contributed by atoms with Crippen molar-refractivity contribution >= 4 is 23.1 Å². The summed E-state index contributed by atoms with van der Waals surface area (Å²) in [6, 6.07) is 9.93. The first-order valence-electron chi connectivity index (χ1n) is 6.20. The van der Waals surface area contributed by atoms with Crippen molar-refractivity contribution < 1.29 is 19.6 Å². The number of urea groups is 1. The zero-order chi connectivity index (χ0) is 16.1. The topological polar surface area (TPSA) is 114 Å². The Balaban J connectivity index is 2.16. The van der Waals surface area contributed by atoms with E-state index in [1.165, 1.54) is 19.2 Å². The number of nitro benzene ring substituents is 1. The molecular formula is C14H13N3O5. The van der Waals surface area contributed by atoms with Crippen molar-refractivity contribution in [2.24, 2.45) is 0 Å². The van der Waals surface area contributed by atoms with Crippen LogP contribution in [0.25, 0.3) is 0 Å². The third-order valence-corrected chi connectivity index (χ3v) is 2.81. The average Bonchev–Trinajstić information content (AvgIpc) is 2.49. The number of hydrogen-bond acceptors (Lipinski definition) is 5. The number of methoxy groups -OCH3 is 1. The van der Waals surface area contributed by atoms with Crippen LogP contribution in [0.3, 0.4) is 0 Å². The molecule has 0 aliphatic rings. The van der Waals surface area contributed by atoms with Gasteiger partial charge in [-0.1, -0.05) is 18.2 Å². The van der Waals surface area contributed by atoms with Gasteiger partial charge in [-0.15, -0.1) is 0 Å². The minimum atomic E-state index is -0.737. The van der Waals surface area contributed by atoms with Gasteiger partial charge in [-0.3, -0.25) is 10.1 Å². The molecule has 2 rings (SSSR count). The summed E-state index contributed by atoms with van der Waals surface area (Å²) in [5.74, 6) is -0.149. The fourth-order valence-electron chi connectivity index (χ4n) is 1.80. The van der Waals surface area contributed by atoms with Crippen molar-refractivity contribution in [2.45, 2.75) is 0 Å². The van der Waals surface area contributed by atoms with Gasteiger partial charge in [0, 0.05) is 6.07 Å². The van der Waals surface area contributed by atoms with E-state index in [4.69, 9.17) is 4.74 Å². The van der Waals surface area contributed by atoms with Gasteiger partial charge in [0.2, 0.25) is 5.75 Å². The summed E-state index contributed by atoms with van der Waals surface area (Å²) >= 11 is 0. The quantitative estimate of drug-likeness (QED) is 0.456. The highest BCUT2D eigenvalue weighted by Crippen LogP contribution is 2.33. The van der Waals surface area contributed by atoms with Gasteiger partial charge in [-0.2, -0.15) is 0 Å². The number of anilines is 2. The molecule has 0 fully saturated rings. The Labute approximate surface area is 125 Å². The molecule has 0 unspecified atom stereocenters. The van der Waals surface area contributed by atoms with E-state index in [-0.39, 0.29) is 5.69 Å². The molecule has 0 heterocycles. The molecule has 2 aromatic carbocycles. The lowest BCUT2D eigenvalue weighted by atomic mass is 10.2. The van der Waals surface area contributed by atoms with Crippen LogP contribution in [0.5, 0.6) is 11.5 Å². The molecule has 8 heteroatoms. The Bertz CT molecular complexity index is 717. The second kappa shape index (κ2) is 6.44. The third kappa shape index (κ3) is 3.23. The maximum atomic E-state index is 11.9. The van der Waals surface area contributed by atoms with Gasteiger partial charge in [0.1, 0.15) is 5.75 Å². The molecule has 114 valence electrons. The molecule has 2 amide bonds. The predicted molar refractivity (Wildman–Crippen MR) is 80.4 cm³/mol. The Kier molecular flexibility index (Phi) is 4.42. The standard InChI is InChI=1S/C14H13N3O5/c1-22-12-8-3-2-5-9(12)15-14(19)16-10-6-4-7-11(13(10)18)17(20)21/h2-8,18H,1H3,(H2,15,16,19). The SMILES string of the molecule is COc1ccccc1NC(=O)Nc1cccc([N+](=O)[O-])c1O. The summed E-state index contributed by atoms with van der Waals surface area (Å²) < 4.78 is 5.09. The number of para-hydroxylation sites is 3. The minimum absolute atomic E-state index is 0.0680. The Morgan fingerprint density at radius 3 is 2.45 bits per heavy atom. The summed E-state index contributed by atoms with van der Waals surface area (Å²) in [5, 5.41) is 25.4. The van der Waals surface area contributed by atoms with Gasteiger partial charge >= 0.3 is 11.7 Å². The molecule has 0 spiro atoms. The molecule has 0 aliphatic carbocycles. The van der Waals surface area contributed by atoms with Crippen LogP contribution < -0.4 is 15.4 Å². The molecule has 3 N–H and O–H groups in total. The summed E-state index contributed by atoms with van der Waals surface area (Å²) in [7, 11) is 1.46. The van der Waals surface area contributed by atoms with E-state index in [0.717, 1.165) is 6.07 Å². The molecule has 0 radical (unpaired) electrons. The number of nitrogens with one attached hydrogen (secondary N) is 2. The molecule has 0 aliphatic heterocycles. The van der Waals surface area contributed by atoms with E-state index < -0.39 is 22.4 Å². The summed E-state index contributed by atoms with van der Waals surface area (Å²) in [5.41, 5.74) is -0.135. The first-order valence-corrected chi connectivity index (χ1v) is 6.20. The monoisotopic (exact) mass is 303 g/mol. The smallest absolute Gasteiger partial charge is 0.323 e. The first kappa shape index (κ1) is 15.1. The molecule has 0 saturated carbocycles. The van der Waals surface area contributed by atoms with Gasteiger partial charge in [-0.25, -0.2) is 4.79 Å². The molecule has 0 atom stereocenters. The molecule has 22 heavy (non-hydrogen) atoms. The lowest BCUT2D eigenvalue weighted by Crippen LogP contribution is -2.20. The van der Waals surface area contributed by atoms with Gasteiger partial charge in [0.05, 0.1) is 23.4 Å². The number of nitrogens with zero attached hydrogens (tertiary/aromatic N) is 1. The second-order valence-electron chi connectivity index (χ2n) is 4.21. The number of ether oxygens (including phenoxy) is 1. The zero-order valence-electron chi connectivity index (χ0n) is 11.6. The zero-order valence-corrected chi connectivity index (χ0v) is 11.6. The summed E-state index contributed by atoms with van der Waals surface area (Å²) in [6.07, 6.45) is 0. The fourth-order valence-corrected chi connectivity index (χ4v) is 1.80. The maximum Gasteiger partial charge on any atom is 0.323 e. The van der Waals surface area contributed by atoms with E-state index in [0.29, 0.717) is 11.4 Å². The van der Waals surface area contributed by atoms with Crippen molar-refractivity contribution in [1.29, 1.82) is 0 Å². The number of benzene rings is 2. The Hall–Kier alpha value is -3.29. The van der Waals surface area contributed by atoms with Crippen LogP contribution in [-0.2, 0) is 0 Å². The van der Waals surface area contributed by atoms with Crippen LogP contribution in [0.1, 0.15) is 0 Å². The lowest BCUT2D eigenvalue weighted by Gasteiger charge is -2.11. The van der Waals surface area contributed by atoms with Crippen LogP contribution in [0.4, 0.5) is 21.9 Å². The highest BCUT2D eigenvalue weighted by molar-refractivity contribution is 6.01. The number of aromatic hydroxyl groups is 1. The first-order chi connectivity index (χ1) is 10.5. The number of carbonyl (C=O) groups is 1. The Morgan fingerprint density at radius 1 is 1.14 bits per heavy atom. The number of hydrogen-bond donors (Lipinski definition) is 3. The van der Waals surface area contributed by atoms with Gasteiger partial charge in [0.15, 0.2) is 0 Å². The number of phenols is 1. The minimum Gasteiger partial charge on any atom is -0.501 e. The average molecular weight is 303 g/mol. The highest BCUT2D eigenvalue weighted by Gasteiger charge is 2.18.